The van der Waals surface area contributed by atoms with E-state index in [1.165, 1.54) is 0 Å². The Kier molecular flexibility index (Phi) is 5.68. The number of esters is 1. The number of benzene rings is 1. The minimum Gasteiger partial charge on any atom is -0.456 e. The van der Waals surface area contributed by atoms with Gasteiger partial charge < -0.3 is 10.1 Å². The molecule has 0 aliphatic carbocycles. The lowest BCUT2D eigenvalue weighted by Crippen LogP contribution is -2.37. The lowest BCUT2D eigenvalue weighted by Gasteiger charge is -2.12. The Balaban J connectivity index is 1.76. The third-order valence-corrected chi connectivity index (χ3v) is 3.90. The van der Waals surface area contributed by atoms with E-state index in [2.05, 4.69) is 5.32 Å². The average Bonchev–Trinajstić information content (AvgIpc) is 2.99. The van der Waals surface area contributed by atoms with E-state index in [-0.39, 0.29) is 25.2 Å². The maximum Gasteiger partial charge on any atom is 0.324 e. The van der Waals surface area contributed by atoms with Gasteiger partial charge in [-0.1, -0.05) is 12.1 Å². The number of urea groups is 1. The number of imide groups is 1. The topological polar surface area (TPSA) is 92.8 Å². The number of carbonyl (C=O) groups excluding carboxylic acids is 4. The molecule has 128 valence electrons. The molecule has 2 rings (SSSR count). The van der Waals surface area contributed by atoms with Crippen LogP contribution in [0.25, 0.3) is 0 Å². The van der Waals surface area contributed by atoms with Crippen LogP contribution in [0.5, 0.6) is 0 Å². The number of amides is 3. The number of ketones is 1. The van der Waals surface area contributed by atoms with Crippen LogP contribution >= 0.6 is 0 Å². The highest BCUT2D eigenvalue weighted by atomic mass is 16.5. The van der Waals surface area contributed by atoms with Crippen molar-refractivity contribution in [3.05, 3.63) is 34.9 Å². The largest absolute Gasteiger partial charge is 0.456 e. The summed E-state index contributed by atoms with van der Waals surface area (Å²) in [4.78, 5) is 47.7. The van der Waals surface area contributed by atoms with Crippen molar-refractivity contribution in [1.29, 1.82) is 0 Å². The van der Waals surface area contributed by atoms with Gasteiger partial charge in [-0.25, -0.2) is 4.79 Å². The molecular formula is C17H20N2O5. The molecule has 1 N–H and O–H groups in total. The number of Topliss-reactive ketones (excluding diaryl/α,β-unsaturated/α-hetero) is 1. The molecule has 1 aliphatic heterocycles. The van der Waals surface area contributed by atoms with Crippen molar-refractivity contribution in [3.8, 4) is 0 Å². The first-order chi connectivity index (χ1) is 11.4. The van der Waals surface area contributed by atoms with E-state index in [4.69, 9.17) is 4.74 Å². The van der Waals surface area contributed by atoms with Crippen LogP contribution in [0.3, 0.4) is 0 Å². The van der Waals surface area contributed by atoms with Crippen molar-refractivity contribution in [2.45, 2.75) is 26.7 Å². The molecule has 1 heterocycles. The zero-order valence-electron chi connectivity index (χ0n) is 13.8. The highest BCUT2D eigenvalue weighted by molar-refractivity contribution is 5.98. The summed E-state index contributed by atoms with van der Waals surface area (Å²) in [6.07, 6.45) is -0.0923. The second-order valence-corrected chi connectivity index (χ2v) is 5.66. The third-order valence-electron chi connectivity index (χ3n) is 3.90. The van der Waals surface area contributed by atoms with E-state index in [1.54, 1.807) is 12.1 Å². The van der Waals surface area contributed by atoms with Crippen molar-refractivity contribution in [2.24, 2.45) is 0 Å². The zero-order chi connectivity index (χ0) is 17.7. The maximum absolute atomic E-state index is 12.1. The molecule has 1 aliphatic rings. The number of rotatable bonds is 6. The molecule has 0 atom stereocenters. The van der Waals surface area contributed by atoms with E-state index < -0.39 is 24.5 Å². The van der Waals surface area contributed by atoms with Gasteiger partial charge in [0.1, 0.15) is 0 Å². The van der Waals surface area contributed by atoms with Crippen molar-refractivity contribution in [1.82, 2.24) is 10.2 Å². The first kappa shape index (κ1) is 17.7. The molecule has 0 bridgehead atoms. The maximum atomic E-state index is 12.1. The van der Waals surface area contributed by atoms with Gasteiger partial charge in [0.2, 0.25) is 0 Å². The summed E-state index contributed by atoms with van der Waals surface area (Å²) in [5.74, 6) is -1.36. The summed E-state index contributed by atoms with van der Waals surface area (Å²) in [6.45, 7) is 4.03. The Labute approximate surface area is 140 Å². The quantitative estimate of drug-likeness (QED) is 0.627. The Morgan fingerprint density at radius 3 is 2.54 bits per heavy atom. The fraction of sp³-hybridized carbons (Fsp3) is 0.412. The fourth-order valence-corrected chi connectivity index (χ4v) is 2.28. The molecule has 3 amide bonds. The third kappa shape index (κ3) is 4.41. The summed E-state index contributed by atoms with van der Waals surface area (Å²) in [5, 5.41) is 2.49. The predicted octanol–water partition coefficient (Wildman–Crippen LogP) is 1.36. The molecule has 1 saturated heterocycles. The fourth-order valence-electron chi connectivity index (χ4n) is 2.28. The van der Waals surface area contributed by atoms with Crippen molar-refractivity contribution in [3.63, 3.8) is 0 Å². The second kappa shape index (κ2) is 7.72. The average molecular weight is 332 g/mol. The minimum absolute atomic E-state index is 0.0136. The van der Waals surface area contributed by atoms with Gasteiger partial charge in [-0.2, -0.15) is 0 Å². The van der Waals surface area contributed by atoms with Crippen LogP contribution in [0.15, 0.2) is 18.2 Å². The standard InChI is InChI=1S/C17H20N2O5/c1-11-3-4-13(9-12(11)2)14(20)5-6-16(22)24-10-15(21)19-8-7-18-17(19)23/h3-4,9H,5-8,10H2,1-2H3,(H,18,23). The van der Waals surface area contributed by atoms with Crippen LogP contribution in [0, 0.1) is 13.8 Å². The zero-order valence-corrected chi connectivity index (χ0v) is 13.8. The van der Waals surface area contributed by atoms with Gasteiger partial charge in [0, 0.05) is 25.1 Å². The van der Waals surface area contributed by atoms with Crippen LogP contribution < -0.4 is 5.32 Å². The van der Waals surface area contributed by atoms with Gasteiger partial charge in [0.25, 0.3) is 5.91 Å². The van der Waals surface area contributed by atoms with Gasteiger partial charge in [0.15, 0.2) is 12.4 Å². The van der Waals surface area contributed by atoms with Gasteiger partial charge in [-0.15, -0.1) is 0 Å². The van der Waals surface area contributed by atoms with Gasteiger partial charge >= 0.3 is 12.0 Å². The van der Waals surface area contributed by atoms with Crippen molar-refractivity contribution >= 4 is 23.7 Å². The van der Waals surface area contributed by atoms with Crippen LogP contribution in [0.4, 0.5) is 4.79 Å². The van der Waals surface area contributed by atoms with E-state index in [0.717, 1.165) is 16.0 Å². The Bertz CT molecular complexity index is 684. The number of aryl methyl sites for hydroxylation is 2. The summed E-state index contributed by atoms with van der Waals surface area (Å²) in [6, 6.07) is 4.89. The van der Waals surface area contributed by atoms with E-state index in [0.29, 0.717) is 12.1 Å². The molecule has 0 saturated carbocycles. The molecule has 7 heteroatoms. The lowest BCUT2D eigenvalue weighted by molar-refractivity contribution is -0.150. The summed E-state index contributed by atoms with van der Waals surface area (Å²) in [5.41, 5.74) is 2.66. The highest BCUT2D eigenvalue weighted by Crippen LogP contribution is 2.12. The summed E-state index contributed by atoms with van der Waals surface area (Å²) < 4.78 is 4.83. The Morgan fingerprint density at radius 2 is 1.92 bits per heavy atom. The van der Waals surface area contributed by atoms with Crippen LogP contribution in [0.1, 0.15) is 34.3 Å². The minimum atomic E-state index is -0.639. The number of nitrogens with one attached hydrogen (secondary N) is 1. The summed E-state index contributed by atoms with van der Waals surface area (Å²) >= 11 is 0. The second-order valence-electron chi connectivity index (χ2n) is 5.66. The highest BCUT2D eigenvalue weighted by Gasteiger charge is 2.26. The van der Waals surface area contributed by atoms with Crippen LogP contribution in [0.2, 0.25) is 0 Å². The molecule has 0 radical (unpaired) electrons. The van der Waals surface area contributed by atoms with Crippen LogP contribution in [-0.2, 0) is 14.3 Å². The molecule has 7 nitrogen and oxygen atoms in total. The summed E-state index contributed by atoms with van der Waals surface area (Å²) in [7, 11) is 0. The monoisotopic (exact) mass is 332 g/mol. The molecular weight excluding hydrogens is 312 g/mol. The number of hydrogen-bond donors (Lipinski definition) is 1. The molecule has 0 unspecified atom stereocenters. The first-order valence-corrected chi connectivity index (χ1v) is 7.72. The molecule has 1 aromatic rings. The molecule has 24 heavy (non-hydrogen) atoms. The number of ether oxygens (including phenoxy) is 1. The van der Waals surface area contributed by atoms with Crippen LogP contribution in [-0.4, -0.2) is 48.3 Å². The van der Waals surface area contributed by atoms with E-state index in [9.17, 15) is 19.2 Å². The predicted molar refractivity (Wildman–Crippen MR) is 85.6 cm³/mol. The first-order valence-electron chi connectivity index (χ1n) is 7.72. The SMILES string of the molecule is Cc1ccc(C(=O)CCC(=O)OCC(=O)N2CCNC2=O)cc1C. The van der Waals surface area contributed by atoms with E-state index >= 15 is 0 Å². The number of nitrogens with zero attached hydrogens (tertiary/aromatic N) is 1. The molecule has 0 aromatic heterocycles. The Morgan fingerprint density at radius 1 is 1.17 bits per heavy atom. The van der Waals surface area contributed by atoms with E-state index in [1.807, 2.05) is 19.9 Å². The van der Waals surface area contributed by atoms with Gasteiger partial charge in [0.05, 0.1) is 6.42 Å². The lowest BCUT2D eigenvalue weighted by atomic mass is 10.0. The van der Waals surface area contributed by atoms with Gasteiger partial charge in [-0.3, -0.25) is 19.3 Å². The smallest absolute Gasteiger partial charge is 0.324 e. The number of carbonyl (C=O) groups is 4. The van der Waals surface area contributed by atoms with Crippen molar-refractivity contribution < 1.29 is 23.9 Å². The van der Waals surface area contributed by atoms with Gasteiger partial charge in [-0.05, 0) is 31.0 Å². The normalized spacial score (nSPS) is 13.6. The molecule has 1 aromatic carbocycles. The molecule has 0 spiro atoms. The Hall–Kier alpha value is -2.70. The molecule has 1 fully saturated rings. The van der Waals surface area contributed by atoms with Crippen molar-refractivity contribution in [2.75, 3.05) is 19.7 Å². The number of hydrogen-bond acceptors (Lipinski definition) is 5.